The van der Waals surface area contributed by atoms with Gasteiger partial charge in [0.2, 0.25) is 0 Å². The molecule has 0 aromatic heterocycles. The van der Waals surface area contributed by atoms with Crippen molar-refractivity contribution in [1.29, 1.82) is 10.5 Å². The van der Waals surface area contributed by atoms with Crippen molar-refractivity contribution in [1.82, 2.24) is 14.7 Å². The van der Waals surface area contributed by atoms with E-state index in [1.165, 1.54) is 6.07 Å². The number of benzene rings is 2. The quantitative estimate of drug-likeness (QED) is 0.583. The van der Waals surface area contributed by atoms with Crippen LogP contribution in [-0.2, 0) is 6.54 Å². The van der Waals surface area contributed by atoms with Crippen LogP contribution >= 0.6 is 0 Å². The zero-order valence-corrected chi connectivity index (χ0v) is 22.4. The molecule has 39 heavy (non-hydrogen) atoms. The molecule has 1 amide bonds. The molecule has 0 unspecified atom stereocenters. The molecule has 3 aliphatic rings. The van der Waals surface area contributed by atoms with Crippen molar-refractivity contribution in [3.63, 3.8) is 0 Å². The molecule has 200 valence electrons. The number of carbonyl (C=O) groups excluding carboxylic acids is 1. The highest BCUT2D eigenvalue weighted by atomic mass is 19.1. The van der Waals surface area contributed by atoms with Crippen LogP contribution in [0.4, 0.5) is 10.1 Å². The molecule has 2 aromatic rings. The molecule has 2 aliphatic heterocycles. The maximum atomic E-state index is 15.0. The molecule has 5 rings (SSSR count). The number of aryl methyl sites for hydroxylation is 1. The summed E-state index contributed by atoms with van der Waals surface area (Å²) < 4.78 is 15.0. The van der Waals surface area contributed by atoms with Crippen LogP contribution in [-0.4, -0.2) is 73.0 Å². The SMILES string of the molecule is Cc1cc(F)c(C(=O)N2CCN(C3=CCCC=C3C#N)CC2)cc1CN1CCN(c2ccccc2C#N)CC1. The molecule has 2 heterocycles. The largest absolute Gasteiger partial charge is 0.368 e. The first kappa shape index (κ1) is 26.5. The molecular weight excluding hydrogens is 491 g/mol. The summed E-state index contributed by atoms with van der Waals surface area (Å²) in [4.78, 5) is 21.8. The summed E-state index contributed by atoms with van der Waals surface area (Å²) in [6.07, 6.45) is 5.87. The average Bonchev–Trinajstić information content (AvgIpc) is 2.98. The summed E-state index contributed by atoms with van der Waals surface area (Å²) in [5.41, 5.74) is 5.22. The van der Waals surface area contributed by atoms with Crippen molar-refractivity contribution in [3.8, 4) is 12.1 Å². The summed E-state index contributed by atoms with van der Waals surface area (Å²) in [5.74, 6) is -0.758. The van der Waals surface area contributed by atoms with Gasteiger partial charge in [0.05, 0.1) is 28.1 Å². The first-order chi connectivity index (χ1) is 19.0. The van der Waals surface area contributed by atoms with Gasteiger partial charge in [-0.2, -0.15) is 10.5 Å². The second-order valence-electron chi connectivity index (χ2n) is 10.3. The molecule has 1 aliphatic carbocycles. The van der Waals surface area contributed by atoms with E-state index in [0.29, 0.717) is 43.9 Å². The minimum Gasteiger partial charge on any atom is -0.368 e. The Bertz CT molecular complexity index is 1380. The number of amides is 1. The molecule has 2 aromatic carbocycles. The van der Waals surface area contributed by atoms with Crippen LogP contribution in [0.2, 0.25) is 0 Å². The van der Waals surface area contributed by atoms with Gasteiger partial charge in [-0.05, 0) is 55.2 Å². The van der Waals surface area contributed by atoms with E-state index in [1.807, 2.05) is 37.3 Å². The van der Waals surface area contributed by atoms with Gasteiger partial charge in [0, 0.05) is 58.9 Å². The van der Waals surface area contributed by atoms with E-state index in [0.717, 1.165) is 61.5 Å². The molecule has 0 atom stereocenters. The summed E-state index contributed by atoms with van der Waals surface area (Å²) in [5, 5.41) is 18.9. The maximum Gasteiger partial charge on any atom is 0.256 e. The van der Waals surface area contributed by atoms with Crippen molar-refractivity contribution >= 4 is 11.6 Å². The lowest BCUT2D eigenvalue weighted by Gasteiger charge is -2.38. The molecule has 0 saturated carbocycles. The Morgan fingerprint density at radius 1 is 0.897 bits per heavy atom. The standard InChI is InChI=1S/C31H33FN6O/c1-23-18-28(32)27(31(39)38-16-14-37(15-17-38)30-9-5-3-7-25(30)21-34)19-26(23)22-35-10-12-36(13-11-35)29-8-4-2-6-24(29)20-33/h2,4,6-9,18-19H,3,5,10-17,22H2,1H3. The number of halogens is 1. The normalized spacial score (nSPS) is 18.2. The smallest absolute Gasteiger partial charge is 0.256 e. The summed E-state index contributed by atoms with van der Waals surface area (Å²) >= 11 is 0. The number of hydrogen-bond acceptors (Lipinski definition) is 6. The number of hydrogen-bond donors (Lipinski definition) is 0. The second-order valence-corrected chi connectivity index (χ2v) is 10.3. The fourth-order valence-electron chi connectivity index (χ4n) is 5.67. The van der Waals surface area contributed by atoms with Crippen LogP contribution in [0.1, 0.15) is 39.9 Å². The van der Waals surface area contributed by atoms with E-state index in [1.54, 1.807) is 11.0 Å². The van der Waals surface area contributed by atoms with Crippen LogP contribution in [0.3, 0.4) is 0 Å². The molecule has 0 radical (unpaired) electrons. The third kappa shape index (κ3) is 5.67. The monoisotopic (exact) mass is 524 g/mol. The van der Waals surface area contributed by atoms with Crippen molar-refractivity contribution in [3.05, 3.63) is 87.9 Å². The van der Waals surface area contributed by atoms with E-state index >= 15 is 4.39 Å². The van der Waals surface area contributed by atoms with Crippen LogP contribution < -0.4 is 4.90 Å². The summed E-state index contributed by atoms with van der Waals surface area (Å²) in [6.45, 7) is 7.99. The predicted octanol–water partition coefficient (Wildman–Crippen LogP) is 4.21. The van der Waals surface area contributed by atoms with Crippen molar-refractivity contribution in [2.24, 2.45) is 0 Å². The van der Waals surface area contributed by atoms with Crippen LogP contribution in [0, 0.1) is 35.4 Å². The number of rotatable bonds is 5. The van der Waals surface area contributed by atoms with Gasteiger partial charge in [-0.1, -0.05) is 24.3 Å². The highest BCUT2D eigenvalue weighted by Gasteiger charge is 2.28. The molecular formula is C31H33FN6O. The maximum absolute atomic E-state index is 15.0. The van der Waals surface area contributed by atoms with E-state index in [9.17, 15) is 15.3 Å². The topological polar surface area (TPSA) is 77.6 Å². The molecule has 2 fully saturated rings. The Morgan fingerprint density at radius 3 is 2.31 bits per heavy atom. The zero-order chi connectivity index (χ0) is 27.4. The average molecular weight is 525 g/mol. The lowest BCUT2D eigenvalue weighted by molar-refractivity contribution is 0.0666. The predicted molar refractivity (Wildman–Crippen MR) is 148 cm³/mol. The number of nitriles is 2. The van der Waals surface area contributed by atoms with Gasteiger partial charge in [-0.15, -0.1) is 0 Å². The fraction of sp³-hybridized carbons (Fsp3) is 0.387. The third-order valence-corrected chi connectivity index (χ3v) is 7.94. The Labute approximate surface area is 229 Å². The van der Waals surface area contributed by atoms with Gasteiger partial charge < -0.3 is 14.7 Å². The number of para-hydroxylation sites is 1. The Kier molecular flexibility index (Phi) is 7.95. The molecule has 7 nitrogen and oxygen atoms in total. The minimum atomic E-state index is -0.480. The van der Waals surface area contributed by atoms with Gasteiger partial charge in [0.1, 0.15) is 18.0 Å². The van der Waals surface area contributed by atoms with Crippen molar-refractivity contribution in [2.75, 3.05) is 57.3 Å². The van der Waals surface area contributed by atoms with Crippen molar-refractivity contribution in [2.45, 2.75) is 26.3 Å². The van der Waals surface area contributed by atoms with Crippen LogP contribution in [0.15, 0.2) is 59.8 Å². The highest BCUT2D eigenvalue weighted by Crippen LogP contribution is 2.26. The second kappa shape index (κ2) is 11.7. The lowest BCUT2D eigenvalue weighted by Crippen LogP contribution is -2.48. The van der Waals surface area contributed by atoms with E-state index in [2.05, 4.69) is 32.9 Å². The third-order valence-electron chi connectivity index (χ3n) is 7.94. The first-order valence-corrected chi connectivity index (χ1v) is 13.6. The van der Waals surface area contributed by atoms with Gasteiger partial charge in [0.25, 0.3) is 5.91 Å². The number of nitrogens with zero attached hydrogens (tertiary/aromatic N) is 6. The minimum absolute atomic E-state index is 0.125. The fourth-order valence-corrected chi connectivity index (χ4v) is 5.67. The summed E-state index contributed by atoms with van der Waals surface area (Å²) in [7, 11) is 0. The number of anilines is 1. The Hall–Kier alpha value is -4.14. The molecule has 8 heteroatoms. The lowest BCUT2D eigenvalue weighted by atomic mass is 10.0. The van der Waals surface area contributed by atoms with Crippen molar-refractivity contribution < 1.29 is 9.18 Å². The van der Waals surface area contributed by atoms with Gasteiger partial charge in [0.15, 0.2) is 0 Å². The number of carbonyl (C=O) groups is 1. The molecule has 2 saturated heterocycles. The highest BCUT2D eigenvalue weighted by molar-refractivity contribution is 5.95. The Balaban J connectivity index is 1.22. The van der Waals surface area contributed by atoms with E-state index in [-0.39, 0.29) is 11.5 Å². The molecule has 0 bridgehead atoms. The number of allylic oxidation sites excluding steroid dienone is 3. The molecule has 0 spiro atoms. The Morgan fingerprint density at radius 2 is 1.59 bits per heavy atom. The van der Waals surface area contributed by atoms with E-state index < -0.39 is 5.82 Å². The van der Waals surface area contributed by atoms with Gasteiger partial charge in [-0.3, -0.25) is 9.69 Å². The summed E-state index contributed by atoms with van der Waals surface area (Å²) in [6, 6.07) is 15.4. The first-order valence-electron chi connectivity index (χ1n) is 13.6. The van der Waals surface area contributed by atoms with E-state index in [4.69, 9.17) is 0 Å². The van der Waals surface area contributed by atoms with Gasteiger partial charge in [-0.25, -0.2) is 4.39 Å². The van der Waals surface area contributed by atoms with Crippen LogP contribution in [0.5, 0.6) is 0 Å². The number of piperazine rings is 2. The van der Waals surface area contributed by atoms with Crippen LogP contribution in [0.25, 0.3) is 0 Å². The molecule has 0 N–H and O–H groups in total. The van der Waals surface area contributed by atoms with Gasteiger partial charge >= 0.3 is 0 Å². The zero-order valence-electron chi connectivity index (χ0n) is 22.4.